The van der Waals surface area contributed by atoms with Crippen molar-refractivity contribution in [1.82, 2.24) is 9.38 Å². The Bertz CT molecular complexity index is 1280. The molecule has 0 unspecified atom stereocenters. The van der Waals surface area contributed by atoms with E-state index in [4.69, 9.17) is 0 Å². The number of amides is 1. The number of imidazole rings is 1. The van der Waals surface area contributed by atoms with Crippen LogP contribution in [0.1, 0.15) is 32.0 Å². The summed E-state index contributed by atoms with van der Waals surface area (Å²) >= 11 is 4.57. The van der Waals surface area contributed by atoms with Gasteiger partial charge in [-0.15, -0.1) is 11.3 Å². The average molecular weight is 488 g/mol. The molecule has 4 rings (SSSR count). The molecule has 1 aromatic carbocycles. The lowest BCUT2D eigenvalue weighted by Crippen LogP contribution is -2.16. The fourth-order valence-electron chi connectivity index (χ4n) is 3.12. The number of alkyl halides is 1. The molecule has 0 aliphatic heterocycles. The van der Waals surface area contributed by atoms with E-state index in [0.717, 1.165) is 11.1 Å². The molecule has 0 radical (unpaired) electrons. The van der Waals surface area contributed by atoms with E-state index < -0.39 is 23.5 Å². The number of aromatic nitrogens is 2. The fourth-order valence-corrected chi connectivity index (χ4v) is 4.49. The summed E-state index contributed by atoms with van der Waals surface area (Å²) in [4.78, 5) is 29.2. The first kappa shape index (κ1) is 20.2. The van der Waals surface area contributed by atoms with Crippen LogP contribution in [-0.2, 0) is 5.33 Å². The molecule has 0 atom stereocenters. The van der Waals surface area contributed by atoms with Crippen LogP contribution >= 0.6 is 27.3 Å². The SMILES string of the molecule is Cc1cccn2c(F)c(C(=O)Nc3csc(-c4ccc(CBr)cc4)c3C(=O)O)nc12. The van der Waals surface area contributed by atoms with E-state index in [0.29, 0.717) is 21.4 Å². The lowest BCUT2D eigenvalue weighted by molar-refractivity contribution is 0.0699. The number of hydrogen-bond acceptors (Lipinski definition) is 4. The quantitative estimate of drug-likeness (QED) is 0.371. The van der Waals surface area contributed by atoms with Gasteiger partial charge in [-0.1, -0.05) is 46.3 Å². The van der Waals surface area contributed by atoms with Gasteiger partial charge in [0.15, 0.2) is 5.69 Å². The van der Waals surface area contributed by atoms with Gasteiger partial charge in [-0.3, -0.25) is 9.20 Å². The van der Waals surface area contributed by atoms with Gasteiger partial charge in [0, 0.05) is 16.9 Å². The number of rotatable bonds is 5. The highest BCUT2D eigenvalue weighted by atomic mass is 79.9. The molecule has 30 heavy (non-hydrogen) atoms. The van der Waals surface area contributed by atoms with Crippen molar-refractivity contribution in [3.63, 3.8) is 0 Å². The summed E-state index contributed by atoms with van der Waals surface area (Å²) in [5, 5.41) is 14.5. The minimum atomic E-state index is -1.18. The van der Waals surface area contributed by atoms with Crippen LogP contribution in [0.3, 0.4) is 0 Å². The summed E-state index contributed by atoms with van der Waals surface area (Å²) in [6.45, 7) is 1.76. The summed E-state index contributed by atoms with van der Waals surface area (Å²) < 4.78 is 15.9. The number of anilines is 1. The summed E-state index contributed by atoms with van der Waals surface area (Å²) in [6, 6.07) is 10.8. The molecular formula is C21H15BrFN3O3S. The van der Waals surface area contributed by atoms with E-state index in [1.165, 1.54) is 27.3 Å². The van der Waals surface area contributed by atoms with Gasteiger partial charge in [0.2, 0.25) is 5.95 Å². The smallest absolute Gasteiger partial charge is 0.339 e. The first-order chi connectivity index (χ1) is 14.4. The third kappa shape index (κ3) is 3.50. The Labute approximate surface area is 183 Å². The van der Waals surface area contributed by atoms with Gasteiger partial charge >= 0.3 is 5.97 Å². The number of benzene rings is 1. The maximum absolute atomic E-state index is 14.7. The second-order valence-corrected chi connectivity index (χ2v) is 8.02. The van der Waals surface area contributed by atoms with Crippen molar-refractivity contribution < 1.29 is 19.1 Å². The molecule has 0 saturated heterocycles. The number of pyridine rings is 1. The Morgan fingerprint density at radius 1 is 1.27 bits per heavy atom. The van der Waals surface area contributed by atoms with E-state index in [-0.39, 0.29) is 11.3 Å². The van der Waals surface area contributed by atoms with Gasteiger partial charge in [-0.2, -0.15) is 4.39 Å². The van der Waals surface area contributed by atoms with Crippen LogP contribution in [0.4, 0.5) is 10.1 Å². The number of hydrogen-bond donors (Lipinski definition) is 2. The van der Waals surface area contributed by atoms with E-state index in [2.05, 4.69) is 26.2 Å². The van der Waals surface area contributed by atoms with E-state index in [1.54, 1.807) is 19.1 Å². The average Bonchev–Trinajstić information content (AvgIpc) is 3.30. The third-order valence-corrected chi connectivity index (χ3v) is 6.30. The van der Waals surface area contributed by atoms with Crippen molar-refractivity contribution in [3.05, 3.63) is 76.3 Å². The molecule has 3 heterocycles. The number of carbonyl (C=O) groups excluding carboxylic acids is 1. The van der Waals surface area contributed by atoms with E-state index in [9.17, 15) is 19.1 Å². The predicted molar refractivity (Wildman–Crippen MR) is 117 cm³/mol. The van der Waals surface area contributed by atoms with E-state index in [1.807, 2.05) is 24.3 Å². The van der Waals surface area contributed by atoms with Crippen molar-refractivity contribution >= 4 is 50.5 Å². The highest BCUT2D eigenvalue weighted by molar-refractivity contribution is 9.08. The number of thiophene rings is 1. The molecule has 0 aliphatic carbocycles. The van der Waals surface area contributed by atoms with Crippen LogP contribution in [0.15, 0.2) is 48.0 Å². The molecule has 0 aliphatic rings. The fraction of sp³-hybridized carbons (Fsp3) is 0.0952. The van der Waals surface area contributed by atoms with Gasteiger partial charge in [0.05, 0.1) is 10.6 Å². The van der Waals surface area contributed by atoms with Crippen LogP contribution in [-0.4, -0.2) is 26.4 Å². The number of halogens is 2. The molecule has 1 amide bonds. The molecule has 4 aromatic rings. The predicted octanol–water partition coefficient (Wildman–Crippen LogP) is 5.36. The molecule has 0 bridgehead atoms. The lowest BCUT2D eigenvalue weighted by Gasteiger charge is -2.06. The standard InChI is InChI=1S/C21H15BrFN3O3S/c1-11-3-2-8-26-18(23)16(25-19(11)26)20(27)24-14-10-30-17(15(14)21(28)29)13-6-4-12(9-22)5-7-13/h2-8,10H,9H2,1H3,(H,24,27)(H,28,29). The van der Waals surface area contributed by atoms with Crippen LogP contribution in [0.25, 0.3) is 16.1 Å². The molecule has 2 N–H and O–H groups in total. The van der Waals surface area contributed by atoms with Crippen LogP contribution in [0.2, 0.25) is 0 Å². The van der Waals surface area contributed by atoms with Gasteiger partial charge in [0.1, 0.15) is 11.2 Å². The zero-order valence-electron chi connectivity index (χ0n) is 15.6. The molecule has 3 aromatic heterocycles. The first-order valence-corrected chi connectivity index (χ1v) is 10.9. The Hall–Kier alpha value is -3.04. The maximum Gasteiger partial charge on any atom is 0.339 e. The van der Waals surface area contributed by atoms with Crippen LogP contribution in [0.5, 0.6) is 0 Å². The van der Waals surface area contributed by atoms with Crippen molar-refractivity contribution in [2.24, 2.45) is 0 Å². The maximum atomic E-state index is 14.7. The van der Waals surface area contributed by atoms with Crippen LogP contribution < -0.4 is 5.32 Å². The van der Waals surface area contributed by atoms with E-state index >= 15 is 0 Å². The largest absolute Gasteiger partial charge is 0.478 e. The third-order valence-electron chi connectivity index (χ3n) is 4.63. The van der Waals surface area contributed by atoms with Gasteiger partial charge in [0.25, 0.3) is 5.91 Å². The van der Waals surface area contributed by atoms with Crippen molar-refractivity contribution in [2.75, 3.05) is 5.32 Å². The van der Waals surface area contributed by atoms with Crippen LogP contribution in [0, 0.1) is 12.9 Å². The minimum absolute atomic E-state index is 0.0414. The Balaban J connectivity index is 1.70. The molecule has 6 nitrogen and oxygen atoms in total. The zero-order valence-corrected chi connectivity index (χ0v) is 18.1. The Morgan fingerprint density at radius 3 is 2.63 bits per heavy atom. The molecular weight excluding hydrogens is 473 g/mol. The summed E-state index contributed by atoms with van der Waals surface area (Å²) in [7, 11) is 0. The number of aromatic carboxylic acids is 1. The summed E-state index contributed by atoms with van der Waals surface area (Å²) in [6.07, 6.45) is 1.48. The monoisotopic (exact) mass is 487 g/mol. The number of carbonyl (C=O) groups is 2. The molecule has 0 fully saturated rings. The number of nitrogens with one attached hydrogen (secondary N) is 1. The number of carboxylic acids is 1. The molecule has 0 spiro atoms. The van der Waals surface area contributed by atoms with Gasteiger partial charge < -0.3 is 10.4 Å². The number of carboxylic acid groups (broad SMARTS) is 1. The number of aryl methyl sites for hydroxylation is 1. The second kappa shape index (κ2) is 8.00. The summed E-state index contributed by atoms with van der Waals surface area (Å²) in [5.74, 6) is -2.79. The van der Waals surface area contributed by atoms with Crippen molar-refractivity contribution in [1.29, 1.82) is 0 Å². The Morgan fingerprint density at radius 2 is 2.00 bits per heavy atom. The van der Waals surface area contributed by atoms with Gasteiger partial charge in [-0.05, 0) is 29.7 Å². The van der Waals surface area contributed by atoms with Crippen molar-refractivity contribution in [2.45, 2.75) is 12.3 Å². The van der Waals surface area contributed by atoms with Crippen molar-refractivity contribution in [3.8, 4) is 10.4 Å². The normalized spacial score (nSPS) is 11.0. The lowest BCUT2D eigenvalue weighted by atomic mass is 10.1. The highest BCUT2D eigenvalue weighted by Crippen LogP contribution is 2.36. The Kier molecular flexibility index (Phi) is 5.40. The summed E-state index contributed by atoms with van der Waals surface area (Å²) in [5.41, 5.74) is 2.49. The molecule has 9 heteroatoms. The number of fused-ring (bicyclic) bond motifs is 1. The number of nitrogens with zero attached hydrogens (tertiary/aromatic N) is 2. The topological polar surface area (TPSA) is 83.7 Å². The molecule has 152 valence electrons. The van der Waals surface area contributed by atoms with Gasteiger partial charge in [-0.25, -0.2) is 9.78 Å². The molecule has 0 saturated carbocycles. The highest BCUT2D eigenvalue weighted by Gasteiger charge is 2.25. The first-order valence-electron chi connectivity index (χ1n) is 8.85. The zero-order chi connectivity index (χ0) is 21.4. The second-order valence-electron chi connectivity index (χ2n) is 6.58. The minimum Gasteiger partial charge on any atom is -0.478 e.